The number of fused-ring (bicyclic) bond motifs is 2. The summed E-state index contributed by atoms with van der Waals surface area (Å²) in [6.07, 6.45) is 13.4. The molecule has 0 atom stereocenters. The highest BCUT2D eigenvalue weighted by Crippen LogP contribution is 2.53. The standard InChI is InChI=1S/C43H54F2N6O4/c1-2-32-35(44)8-7-29-21-31(52)22-33(36(29)32)38-37(45)39-34(25-46-38)40(51-13-5-3-4-6-18-54-28-51)48-41(47-39)55-27-43(9-10-43)26-49-14-11-42(12-15-49)23-30(24-42)50-16-19-53-20-17-50/h7-8,21-22,25,30,52H,2-6,9-20,23-24,26-28H2,1H3. The third-order valence-corrected chi connectivity index (χ3v) is 13.3. The predicted molar refractivity (Wildman–Crippen MR) is 209 cm³/mol. The molecule has 9 rings (SSSR count). The Morgan fingerprint density at radius 1 is 0.909 bits per heavy atom. The Bertz CT molecular complexity index is 2010. The Kier molecular flexibility index (Phi) is 10.3. The molecule has 4 aromatic rings. The van der Waals surface area contributed by atoms with Gasteiger partial charge in [-0.3, -0.25) is 9.88 Å². The van der Waals surface area contributed by atoms with Gasteiger partial charge in [0.2, 0.25) is 0 Å². The van der Waals surface area contributed by atoms with Crippen LogP contribution in [0.2, 0.25) is 0 Å². The number of ether oxygens (including phenoxy) is 3. The summed E-state index contributed by atoms with van der Waals surface area (Å²) in [4.78, 5) is 21.6. The zero-order chi connectivity index (χ0) is 37.6. The Morgan fingerprint density at radius 2 is 1.71 bits per heavy atom. The molecule has 3 aliphatic heterocycles. The summed E-state index contributed by atoms with van der Waals surface area (Å²) in [6, 6.07) is 6.88. The highest BCUT2D eigenvalue weighted by atomic mass is 19.1. The fourth-order valence-corrected chi connectivity index (χ4v) is 9.77. The Balaban J connectivity index is 0.977. The maximum Gasteiger partial charge on any atom is 0.319 e. The number of halogens is 2. The van der Waals surface area contributed by atoms with Gasteiger partial charge in [-0.25, -0.2) is 8.78 Å². The van der Waals surface area contributed by atoms with Crippen molar-refractivity contribution in [2.24, 2.45) is 10.8 Å². The van der Waals surface area contributed by atoms with Gasteiger partial charge in [0.25, 0.3) is 0 Å². The Labute approximate surface area is 322 Å². The van der Waals surface area contributed by atoms with Gasteiger partial charge in [0.1, 0.15) is 35.3 Å². The molecule has 0 amide bonds. The zero-order valence-electron chi connectivity index (χ0n) is 32.1. The predicted octanol–water partition coefficient (Wildman–Crippen LogP) is 7.48. The van der Waals surface area contributed by atoms with E-state index in [4.69, 9.17) is 24.2 Å². The summed E-state index contributed by atoms with van der Waals surface area (Å²) >= 11 is 0. The number of anilines is 1. The van der Waals surface area contributed by atoms with Crippen LogP contribution in [-0.2, 0) is 15.9 Å². The fraction of sp³-hybridized carbons (Fsp3) is 0.605. The number of phenols is 1. The van der Waals surface area contributed by atoms with E-state index in [0.29, 0.717) is 71.4 Å². The summed E-state index contributed by atoms with van der Waals surface area (Å²) in [5.41, 5.74) is 1.37. The Hall–Kier alpha value is -3.71. The molecule has 0 bridgehead atoms. The number of hydrogen-bond donors (Lipinski definition) is 1. The van der Waals surface area contributed by atoms with E-state index in [-0.39, 0.29) is 34.2 Å². The first-order valence-corrected chi connectivity index (χ1v) is 20.6. The van der Waals surface area contributed by atoms with Crippen LogP contribution in [0.5, 0.6) is 11.8 Å². The number of benzene rings is 2. The van der Waals surface area contributed by atoms with E-state index in [9.17, 15) is 5.11 Å². The van der Waals surface area contributed by atoms with Crippen LogP contribution >= 0.6 is 0 Å². The number of nitrogens with zero attached hydrogens (tertiary/aromatic N) is 6. The van der Waals surface area contributed by atoms with Crippen molar-refractivity contribution in [1.82, 2.24) is 24.8 Å². The number of likely N-dealkylation sites (tertiary alicyclic amines) is 1. The van der Waals surface area contributed by atoms with Crippen LogP contribution in [0.15, 0.2) is 30.5 Å². The molecule has 294 valence electrons. The molecule has 1 N–H and O–H groups in total. The van der Waals surface area contributed by atoms with E-state index in [1.54, 1.807) is 18.3 Å². The lowest BCUT2D eigenvalue weighted by atomic mass is 9.60. The van der Waals surface area contributed by atoms with Crippen molar-refractivity contribution in [3.8, 4) is 23.0 Å². The molecule has 2 aromatic carbocycles. The second kappa shape index (κ2) is 15.3. The van der Waals surface area contributed by atoms with Gasteiger partial charge >= 0.3 is 6.01 Å². The third-order valence-electron chi connectivity index (χ3n) is 13.3. The van der Waals surface area contributed by atoms with Gasteiger partial charge in [-0.1, -0.05) is 25.8 Å². The van der Waals surface area contributed by atoms with Gasteiger partial charge in [-0.2, -0.15) is 9.97 Å². The lowest BCUT2D eigenvalue weighted by Crippen LogP contribution is -2.57. The van der Waals surface area contributed by atoms with Gasteiger partial charge in [0, 0.05) is 56.0 Å². The molecule has 5 fully saturated rings. The number of pyridine rings is 1. The zero-order valence-corrected chi connectivity index (χ0v) is 32.1. The quantitative estimate of drug-likeness (QED) is 0.185. The Morgan fingerprint density at radius 3 is 2.49 bits per heavy atom. The van der Waals surface area contributed by atoms with Crippen molar-refractivity contribution >= 4 is 27.5 Å². The van der Waals surface area contributed by atoms with Gasteiger partial charge in [-0.05, 0) is 111 Å². The van der Waals surface area contributed by atoms with Gasteiger partial charge < -0.3 is 29.1 Å². The number of morpholine rings is 1. The molecule has 55 heavy (non-hydrogen) atoms. The lowest BCUT2D eigenvalue weighted by molar-refractivity contribution is -0.0751. The van der Waals surface area contributed by atoms with Crippen molar-refractivity contribution < 1.29 is 28.1 Å². The summed E-state index contributed by atoms with van der Waals surface area (Å²) in [7, 11) is 0. The second-order valence-corrected chi connectivity index (χ2v) is 17.0. The molecule has 0 unspecified atom stereocenters. The number of phenolic OH excluding ortho intramolecular Hbond substituents is 1. The molecule has 0 radical (unpaired) electrons. The van der Waals surface area contributed by atoms with Crippen LogP contribution in [0.3, 0.4) is 0 Å². The van der Waals surface area contributed by atoms with Crippen molar-refractivity contribution in [2.45, 2.75) is 83.6 Å². The molecule has 2 aromatic heterocycles. The minimum atomic E-state index is -0.662. The smallest absolute Gasteiger partial charge is 0.319 e. The number of hydrogen-bond acceptors (Lipinski definition) is 10. The van der Waals surface area contributed by atoms with E-state index >= 15 is 8.78 Å². The highest BCUT2D eigenvalue weighted by molar-refractivity contribution is 6.01. The number of rotatable bonds is 9. The number of aromatic nitrogens is 3. The van der Waals surface area contributed by atoms with Crippen molar-refractivity contribution in [3.05, 3.63) is 47.7 Å². The maximum absolute atomic E-state index is 17.1. The molecule has 2 saturated carbocycles. The molecule has 1 spiro atoms. The van der Waals surface area contributed by atoms with Crippen LogP contribution in [0, 0.1) is 22.5 Å². The van der Waals surface area contributed by atoms with Crippen LogP contribution in [-0.4, -0.2) is 108 Å². The third kappa shape index (κ3) is 7.47. The van der Waals surface area contributed by atoms with Crippen LogP contribution in [0.4, 0.5) is 14.6 Å². The SMILES string of the molecule is CCc1c(F)ccc2cc(O)cc(-c3ncc4c(N5CCCCCCOC5)nc(OCC5(CN6CCC7(CC6)CC(N6CCOCC6)C7)CC5)nc4c3F)c12. The van der Waals surface area contributed by atoms with E-state index in [0.717, 1.165) is 90.5 Å². The molecule has 12 heteroatoms. The summed E-state index contributed by atoms with van der Waals surface area (Å²) in [5, 5.41) is 12.3. The summed E-state index contributed by atoms with van der Waals surface area (Å²) in [5.74, 6) is -0.565. The number of aryl methyl sites for hydroxylation is 1. The molecule has 2 aliphatic carbocycles. The van der Waals surface area contributed by atoms with Gasteiger partial charge in [0.05, 0.1) is 25.2 Å². The molecular weight excluding hydrogens is 703 g/mol. The second-order valence-electron chi connectivity index (χ2n) is 17.0. The summed E-state index contributed by atoms with van der Waals surface area (Å²) < 4.78 is 50.3. The van der Waals surface area contributed by atoms with Gasteiger partial charge in [0.15, 0.2) is 5.82 Å². The van der Waals surface area contributed by atoms with Crippen molar-refractivity contribution in [3.63, 3.8) is 0 Å². The van der Waals surface area contributed by atoms with E-state index in [1.807, 2.05) is 11.8 Å². The highest BCUT2D eigenvalue weighted by Gasteiger charge is 2.50. The largest absolute Gasteiger partial charge is 0.508 e. The molecular formula is C43H54F2N6O4. The summed E-state index contributed by atoms with van der Waals surface area (Å²) in [6.45, 7) is 11.1. The molecule has 3 saturated heterocycles. The molecule has 5 heterocycles. The van der Waals surface area contributed by atoms with Crippen LogP contribution in [0.1, 0.15) is 76.7 Å². The first kappa shape index (κ1) is 36.9. The first-order chi connectivity index (χ1) is 26.8. The van der Waals surface area contributed by atoms with E-state index in [2.05, 4.69) is 14.8 Å². The molecule has 5 aliphatic rings. The number of piperidine rings is 1. The molecule has 10 nitrogen and oxygen atoms in total. The minimum absolute atomic E-state index is 0.00530. The monoisotopic (exact) mass is 756 g/mol. The maximum atomic E-state index is 17.1. The average Bonchev–Trinajstić information content (AvgIpc) is 3.93. The van der Waals surface area contributed by atoms with E-state index in [1.165, 1.54) is 37.8 Å². The van der Waals surface area contributed by atoms with Crippen molar-refractivity contribution in [1.29, 1.82) is 0 Å². The normalized spacial score (nSPS) is 22.3. The van der Waals surface area contributed by atoms with Crippen molar-refractivity contribution in [2.75, 3.05) is 77.3 Å². The van der Waals surface area contributed by atoms with E-state index < -0.39 is 5.82 Å². The average molecular weight is 757 g/mol. The number of aromatic hydroxyl groups is 1. The van der Waals surface area contributed by atoms with Gasteiger partial charge in [-0.15, -0.1) is 0 Å². The topological polar surface area (TPSA) is 96.3 Å². The van der Waals surface area contributed by atoms with Crippen LogP contribution < -0.4 is 9.64 Å². The first-order valence-electron chi connectivity index (χ1n) is 20.6. The fourth-order valence-electron chi connectivity index (χ4n) is 9.77. The van der Waals surface area contributed by atoms with Crippen LogP contribution in [0.25, 0.3) is 32.9 Å². The lowest BCUT2D eigenvalue weighted by Gasteiger charge is -2.56. The minimum Gasteiger partial charge on any atom is -0.508 e.